The third-order valence-corrected chi connectivity index (χ3v) is 5.03. The predicted molar refractivity (Wildman–Crippen MR) is 75.9 cm³/mol. The van der Waals surface area contributed by atoms with E-state index >= 15 is 0 Å². The van der Waals surface area contributed by atoms with E-state index in [1.165, 1.54) is 25.9 Å². The number of aromatic nitrogens is 1. The molecule has 0 aromatic carbocycles. The van der Waals surface area contributed by atoms with Gasteiger partial charge in [0, 0.05) is 27.7 Å². The van der Waals surface area contributed by atoms with E-state index in [0.717, 1.165) is 18.1 Å². The van der Waals surface area contributed by atoms with Gasteiger partial charge in [0.2, 0.25) is 0 Å². The molecule has 0 bridgehead atoms. The highest BCUT2D eigenvalue weighted by molar-refractivity contribution is 7.12. The molecule has 0 saturated heterocycles. The lowest BCUT2D eigenvalue weighted by atomic mass is 10.3. The van der Waals surface area contributed by atoms with Crippen molar-refractivity contribution >= 4 is 22.7 Å². The Kier molecular flexibility index (Phi) is 3.97. The van der Waals surface area contributed by atoms with Crippen LogP contribution in [0.2, 0.25) is 0 Å². The standard InChI is InChI=1S/C13H18N2S2/c1-8-5-12(16-10(8)3)6-14-7-13-9(2)15-11(4)17-13/h5,14H,6-7H2,1-4H3. The summed E-state index contributed by atoms with van der Waals surface area (Å²) >= 11 is 3.67. The molecule has 0 fully saturated rings. The van der Waals surface area contributed by atoms with Crippen molar-refractivity contribution in [2.75, 3.05) is 0 Å². The van der Waals surface area contributed by atoms with Crippen molar-refractivity contribution in [3.05, 3.63) is 37.0 Å². The van der Waals surface area contributed by atoms with Crippen LogP contribution in [0.15, 0.2) is 6.07 Å². The van der Waals surface area contributed by atoms with Crippen LogP contribution >= 0.6 is 22.7 Å². The summed E-state index contributed by atoms with van der Waals surface area (Å²) in [6.45, 7) is 10.4. The zero-order valence-electron chi connectivity index (χ0n) is 10.8. The Balaban J connectivity index is 1.89. The van der Waals surface area contributed by atoms with Crippen molar-refractivity contribution in [1.29, 1.82) is 0 Å². The Morgan fingerprint density at radius 3 is 2.41 bits per heavy atom. The first-order valence-electron chi connectivity index (χ1n) is 5.76. The summed E-state index contributed by atoms with van der Waals surface area (Å²) in [7, 11) is 0. The second-order valence-electron chi connectivity index (χ2n) is 4.30. The molecular formula is C13H18N2S2. The van der Waals surface area contributed by atoms with Gasteiger partial charge in [0.05, 0.1) is 10.7 Å². The summed E-state index contributed by atoms with van der Waals surface area (Å²) in [6, 6.07) is 2.28. The topological polar surface area (TPSA) is 24.9 Å². The van der Waals surface area contributed by atoms with Crippen LogP contribution in [0.4, 0.5) is 0 Å². The smallest absolute Gasteiger partial charge is 0.0900 e. The molecule has 0 spiro atoms. The lowest BCUT2D eigenvalue weighted by molar-refractivity contribution is 0.704. The van der Waals surface area contributed by atoms with Crippen LogP contribution in [0.5, 0.6) is 0 Å². The second-order valence-corrected chi connectivity index (χ2v) is 6.93. The van der Waals surface area contributed by atoms with E-state index in [1.54, 1.807) is 11.3 Å². The summed E-state index contributed by atoms with van der Waals surface area (Å²) < 4.78 is 0. The number of thiazole rings is 1. The van der Waals surface area contributed by atoms with E-state index in [-0.39, 0.29) is 0 Å². The molecule has 1 N–H and O–H groups in total. The quantitative estimate of drug-likeness (QED) is 0.912. The normalized spacial score (nSPS) is 11.1. The van der Waals surface area contributed by atoms with Crippen molar-refractivity contribution in [2.24, 2.45) is 0 Å². The minimum Gasteiger partial charge on any atom is -0.307 e. The van der Waals surface area contributed by atoms with Gasteiger partial charge in [0.25, 0.3) is 0 Å². The number of hydrogen-bond acceptors (Lipinski definition) is 4. The van der Waals surface area contributed by atoms with Gasteiger partial charge in [-0.2, -0.15) is 0 Å². The third-order valence-electron chi connectivity index (χ3n) is 2.80. The average molecular weight is 266 g/mol. The molecule has 0 saturated carbocycles. The molecule has 0 unspecified atom stereocenters. The van der Waals surface area contributed by atoms with Crippen LogP contribution in [0.1, 0.15) is 30.9 Å². The molecule has 17 heavy (non-hydrogen) atoms. The Hall–Kier alpha value is -0.710. The lowest BCUT2D eigenvalue weighted by Gasteiger charge is -2.01. The highest BCUT2D eigenvalue weighted by Crippen LogP contribution is 2.21. The molecule has 0 radical (unpaired) electrons. The molecule has 2 aromatic rings. The highest BCUT2D eigenvalue weighted by atomic mass is 32.1. The first-order chi connectivity index (χ1) is 8.06. The van der Waals surface area contributed by atoms with Gasteiger partial charge in [0.1, 0.15) is 0 Å². The van der Waals surface area contributed by atoms with Crippen LogP contribution in [0.3, 0.4) is 0 Å². The lowest BCUT2D eigenvalue weighted by Crippen LogP contribution is -2.11. The average Bonchev–Trinajstić information content (AvgIpc) is 2.72. The van der Waals surface area contributed by atoms with E-state index < -0.39 is 0 Å². The van der Waals surface area contributed by atoms with Crippen LogP contribution < -0.4 is 5.32 Å². The minimum atomic E-state index is 0.924. The first kappa shape index (κ1) is 12.7. The predicted octanol–water partition coefficient (Wildman–Crippen LogP) is 3.73. The van der Waals surface area contributed by atoms with Crippen LogP contribution in [0.25, 0.3) is 0 Å². The summed E-state index contributed by atoms with van der Waals surface area (Å²) in [4.78, 5) is 8.63. The molecule has 2 nitrogen and oxygen atoms in total. The molecule has 0 aliphatic carbocycles. The molecule has 0 aliphatic heterocycles. The Bertz CT molecular complexity index is 492. The van der Waals surface area contributed by atoms with Gasteiger partial charge in [0.15, 0.2) is 0 Å². The Morgan fingerprint density at radius 1 is 1.12 bits per heavy atom. The van der Waals surface area contributed by atoms with E-state index in [9.17, 15) is 0 Å². The van der Waals surface area contributed by atoms with Crippen molar-refractivity contribution in [3.63, 3.8) is 0 Å². The van der Waals surface area contributed by atoms with Crippen LogP contribution in [-0.4, -0.2) is 4.98 Å². The van der Waals surface area contributed by atoms with E-state index in [1.807, 2.05) is 11.3 Å². The van der Waals surface area contributed by atoms with Gasteiger partial charge in [-0.3, -0.25) is 0 Å². The van der Waals surface area contributed by atoms with Gasteiger partial charge < -0.3 is 5.32 Å². The molecule has 0 amide bonds. The summed E-state index contributed by atoms with van der Waals surface area (Å²) in [5.74, 6) is 0. The number of hydrogen-bond donors (Lipinski definition) is 1. The second kappa shape index (κ2) is 5.29. The van der Waals surface area contributed by atoms with Crippen molar-refractivity contribution < 1.29 is 0 Å². The van der Waals surface area contributed by atoms with Gasteiger partial charge in [-0.25, -0.2) is 4.98 Å². The first-order valence-corrected chi connectivity index (χ1v) is 7.39. The fourth-order valence-electron chi connectivity index (χ4n) is 1.77. The maximum Gasteiger partial charge on any atom is 0.0900 e. The van der Waals surface area contributed by atoms with Crippen LogP contribution in [0, 0.1) is 27.7 Å². The fraction of sp³-hybridized carbons (Fsp3) is 0.462. The molecule has 4 heteroatoms. The molecule has 0 aliphatic rings. The van der Waals surface area contributed by atoms with Crippen LogP contribution in [-0.2, 0) is 13.1 Å². The van der Waals surface area contributed by atoms with E-state index in [2.05, 4.69) is 44.1 Å². The summed E-state index contributed by atoms with van der Waals surface area (Å²) in [6.07, 6.45) is 0. The monoisotopic (exact) mass is 266 g/mol. The van der Waals surface area contributed by atoms with Crippen molar-refractivity contribution in [2.45, 2.75) is 40.8 Å². The number of rotatable bonds is 4. The van der Waals surface area contributed by atoms with Gasteiger partial charge in [-0.05, 0) is 39.3 Å². The number of nitrogens with zero attached hydrogens (tertiary/aromatic N) is 1. The zero-order valence-corrected chi connectivity index (χ0v) is 12.4. The Morgan fingerprint density at radius 2 is 1.88 bits per heavy atom. The molecule has 92 valence electrons. The van der Waals surface area contributed by atoms with Gasteiger partial charge in [-0.15, -0.1) is 22.7 Å². The zero-order chi connectivity index (χ0) is 12.4. The number of nitrogens with one attached hydrogen (secondary N) is 1. The highest BCUT2D eigenvalue weighted by Gasteiger charge is 2.05. The SMILES string of the molecule is Cc1nc(C)c(CNCc2cc(C)c(C)s2)s1. The van der Waals surface area contributed by atoms with Gasteiger partial charge in [-0.1, -0.05) is 0 Å². The van der Waals surface area contributed by atoms with Gasteiger partial charge >= 0.3 is 0 Å². The van der Waals surface area contributed by atoms with Crippen molar-refractivity contribution in [1.82, 2.24) is 10.3 Å². The van der Waals surface area contributed by atoms with E-state index in [0.29, 0.717) is 0 Å². The molecule has 2 aromatic heterocycles. The van der Waals surface area contributed by atoms with E-state index in [4.69, 9.17) is 0 Å². The fourth-order valence-corrected chi connectivity index (χ4v) is 3.70. The maximum atomic E-state index is 4.44. The number of thiophene rings is 1. The third kappa shape index (κ3) is 3.15. The summed E-state index contributed by atoms with van der Waals surface area (Å²) in [5.41, 5.74) is 2.56. The summed E-state index contributed by atoms with van der Waals surface area (Å²) in [5, 5.41) is 4.65. The largest absolute Gasteiger partial charge is 0.307 e. The maximum absolute atomic E-state index is 4.44. The molecule has 2 heterocycles. The molecule has 2 rings (SSSR count). The Labute approximate surface area is 111 Å². The minimum absolute atomic E-state index is 0.924. The molecular weight excluding hydrogens is 248 g/mol. The number of aryl methyl sites for hydroxylation is 4. The van der Waals surface area contributed by atoms with Crippen molar-refractivity contribution in [3.8, 4) is 0 Å². The molecule has 0 atom stereocenters.